The number of aliphatic hydroxyl groups excluding tert-OH is 2. The summed E-state index contributed by atoms with van der Waals surface area (Å²) in [7, 11) is -8.87. The van der Waals surface area contributed by atoms with Crippen molar-refractivity contribution in [1.82, 2.24) is 19.5 Å². The fourth-order valence-corrected chi connectivity index (χ4v) is 9.79. The van der Waals surface area contributed by atoms with Gasteiger partial charge in [0.05, 0.1) is 12.4 Å². The first kappa shape index (κ1) is 28.4. The van der Waals surface area contributed by atoms with E-state index in [1.165, 1.54) is 49.4 Å². The maximum Gasteiger partial charge on any atom is 0.335 e. The first-order valence-corrected chi connectivity index (χ1v) is 17.1. The molecule has 7 atom stereocenters. The number of hydrogen-bond acceptors (Lipinski definition) is 9. The molecule has 2 aromatic rings. The van der Waals surface area contributed by atoms with Crippen LogP contribution in [-0.4, -0.2) is 87.9 Å². The summed E-state index contributed by atoms with van der Waals surface area (Å²) in [4.78, 5) is 43.5. The van der Waals surface area contributed by atoms with Crippen LogP contribution in [0.3, 0.4) is 0 Å². The van der Waals surface area contributed by atoms with Crippen LogP contribution >= 0.6 is 26.6 Å². The van der Waals surface area contributed by atoms with Crippen LogP contribution in [0.1, 0.15) is 51.2 Å². The molecule has 5 N–H and O–H groups in total. The lowest BCUT2D eigenvalue weighted by atomic mass is 9.84. The molecule has 2 aliphatic heterocycles. The van der Waals surface area contributed by atoms with Gasteiger partial charge in [0.2, 0.25) is 12.7 Å². The summed E-state index contributed by atoms with van der Waals surface area (Å²) in [6.45, 7) is 1.72. The van der Waals surface area contributed by atoms with Crippen molar-refractivity contribution >= 4 is 43.5 Å². The first-order chi connectivity index (χ1) is 17.9. The van der Waals surface area contributed by atoms with Crippen LogP contribution in [0, 0.1) is 11.8 Å². The van der Waals surface area contributed by atoms with Gasteiger partial charge in [-0.2, -0.15) is 9.97 Å². The lowest BCUT2D eigenvalue weighted by molar-refractivity contribution is -0.0354. The van der Waals surface area contributed by atoms with Crippen LogP contribution in [-0.2, 0) is 13.9 Å². The van der Waals surface area contributed by atoms with Crippen molar-refractivity contribution in [3.05, 3.63) is 11.6 Å². The van der Waals surface area contributed by atoms with Crippen molar-refractivity contribution in [2.24, 2.45) is 11.8 Å². The third kappa shape index (κ3) is 6.11. The number of rotatable bonds is 7. The highest BCUT2D eigenvalue weighted by atomic mass is 35.5. The molecule has 212 valence electrons. The Kier molecular flexibility index (Phi) is 8.24. The monoisotopic (exact) mass is 593 g/mol. The van der Waals surface area contributed by atoms with Crippen molar-refractivity contribution in [3.8, 4) is 0 Å². The van der Waals surface area contributed by atoms with Crippen LogP contribution in [0.15, 0.2) is 6.33 Å². The standard InChI is InChI=1S/C22H34ClN5O8P2/c23-22-25-19(27-9-13-5-3-1-2-4-6-14(13)10-27)16-20(26-22)28(11-24-16)21-18(30)17(29)15(36-21)7-8-37(31,32)12-38(33,34)35/h11,13-15,17-18,21,29-30H,1-10,12H2,(H,31,32)(H2,33,34,35)/t13?,14?,15-,17?,18?,21-/m1/s1. The zero-order valence-electron chi connectivity index (χ0n) is 20.8. The van der Waals surface area contributed by atoms with Gasteiger partial charge >= 0.3 is 7.60 Å². The molecule has 1 saturated carbocycles. The van der Waals surface area contributed by atoms with Crippen LogP contribution in [0.25, 0.3) is 11.2 Å². The summed E-state index contributed by atoms with van der Waals surface area (Å²) in [5.41, 5.74) is 0.828. The molecule has 2 aromatic heterocycles. The summed E-state index contributed by atoms with van der Waals surface area (Å²) in [5, 5.41) is 21.3. The number of fused-ring (bicyclic) bond motifs is 2. The van der Waals surface area contributed by atoms with Gasteiger partial charge in [0.25, 0.3) is 0 Å². The van der Waals surface area contributed by atoms with Gasteiger partial charge in [-0.15, -0.1) is 0 Å². The Morgan fingerprint density at radius 1 is 1.00 bits per heavy atom. The number of nitrogens with zero attached hydrogens (tertiary/aromatic N) is 5. The van der Waals surface area contributed by atoms with Crippen LogP contribution in [0.2, 0.25) is 5.28 Å². The molecule has 38 heavy (non-hydrogen) atoms. The van der Waals surface area contributed by atoms with Crippen LogP contribution in [0.5, 0.6) is 0 Å². The molecule has 5 unspecified atom stereocenters. The molecule has 0 radical (unpaired) electrons. The Bertz CT molecular complexity index is 1240. The molecule has 3 fully saturated rings. The van der Waals surface area contributed by atoms with Gasteiger partial charge in [0.1, 0.15) is 18.1 Å². The Labute approximate surface area is 224 Å². The second kappa shape index (κ2) is 11.0. The van der Waals surface area contributed by atoms with E-state index >= 15 is 0 Å². The molecule has 13 nitrogen and oxygen atoms in total. The molecular weight excluding hydrogens is 560 g/mol. The molecule has 1 aliphatic carbocycles. The van der Waals surface area contributed by atoms with Gasteiger partial charge in [-0.3, -0.25) is 13.7 Å². The summed E-state index contributed by atoms with van der Waals surface area (Å²) in [6.07, 6.45) is 3.18. The molecule has 3 aliphatic rings. The zero-order valence-corrected chi connectivity index (χ0v) is 23.3. The SMILES string of the molecule is O=P(O)(O)CP(=O)(O)CC[C@H]1O[C@@H](n2cnc3c(N4CC5CCCCCCC5C4)nc(Cl)nc32)C(O)C1O. The van der Waals surface area contributed by atoms with Gasteiger partial charge in [-0.05, 0) is 42.7 Å². The fourth-order valence-electron chi connectivity index (χ4n) is 6.10. The van der Waals surface area contributed by atoms with Crippen molar-refractivity contribution in [1.29, 1.82) is 0 Å². The molecule has 2 saturated heterocycles. The molecule has 5 rings (SSSR count). The highest BCUT2D eigenvalue weighted by Gasteiger charge is 2.45. The largest absolute Gasteiger partial charge is 0.388 e. The Morgan fingerprint density at radius 2 is 1.66 bits per heavy atom. The van der Waals surface area contributed by atoms with E-state index < -0.39 is 51.6 Å². The number of aromatic nitrogens is 4. The van der Waals surface area contributed by atoms with E-state index in [2.05, 4.69) is 19.9 Å². The smallest absolute Gasteiger partial charge is 0.335 e. The Hall–Kier alpha value is -1.14. The zero-order chi connectivity index (χ0) is 27.2. The summed E-state index contributed by atoms with van der Waals surface area (Å²) in [6, 6.07) is 0. The van der Waals surface area contributed by atoms with Gasteiger partial charge in [0, 0.05) is 19.3 Å². The quantitative estimate of drug-likeness (QED) is 0.233. The molecule has 0 amide bonds. The van der Waals surface area contributed by atoms with Crippen molar-refractivity contribution < 1.29 is 38.8 Å². The molecule has 0 aromatic carbocycles. The van der Waals surface area contributed by atoms with Gasteiger partial charge < -0.3 is 34.5 Å². The van der Waals surface area contributed by atoms with E-state index in [1.54, 1.807) is 0 Å². The summed E-state index contributed by atoms with van der Waals surface area (Å²) >= 11 is 6.32. The van der Waals surface area contributed by atoms with E-state index in [9.17, 15) is 24.2 Å². The Balaban J connectivity index is 1.35. The fraction of sp³-hybridized carbons (Fsp3) is 0.773. The van der Waals surface area contributed by atoms with Crippen molar-refractivity contribution in [2.45, 2.75) is 69.5 Å². The predicted octanol–water partition coefficient (Wildman–Crippen LogP) is 2.30. The maximum absolute atomic E-state index is 12.2. The van der Waals surface area contributed by atoms with Gasteiger partial charge in [-0.1, -0.05) is 25.7 Å². The van der Waals surface area contributed by atoms with Crippen LogP contribution < -0.4 is 4.90 Å². The minimum absolute atomic E-state index is 0.0156. The van der Waals surface area contributed by atoms with Gasteiger partial charge in [-0.25, -0.2) is 4.98 Å². The highest BCUT2D eigenvalue weighted by molar-refractivity contribution is 7.72. The number of anilines is 1. The molecule has 0 bridgehead atoms. The van der Waals surface area contributed by atoms with E-state index in [1.807, 2.05) is 0 Å². The average molecular weight is 594 g/mol. The minimum atomic E-state index is -4.70. The van der Waals surface area contributed by atoms with E-state index in [0.29, 0.717) is 28.8 Å². The van der Waals surface area contributed by atoms with E-state index in [4.69, 9.17) is 26.1 Å². The number of aliphatic hydroxyl groups is 2. The predicted molar refractivity (Wildman–Crippen MR) is 139 cm³/mol. The first-order valence-electron chi connectivity index (χ1n) is 12.9. The van der Waals surface area contributed by atoms with Gasteiger partial charge in [0.15, 0.2) is 23.2 Å². The van der Waals surface area contributed by atoms with Crippen molar-refractivity contribution in [3.63, 3.8) is 0 Å². The molecular formula is C22H34ClN5O8P2. The summed E-state index contributed by atoms with van der Waals surface area (Å²) < 4.78 is 30.7. The number of imidazole rings is 1. The topological polar surface area (TPSA) is 191 Å². The second-order valence-corrected chi connectivity index (χ2v) is 15.7. The third-order valence-corrected chi connectivity index (χ3v) is 12.3. The number of hydrogen-bond donors (Lipinski definition) is 5. The normalized spacial score (nSPS) is 32.2. The Morgan fingerprint density at radius 3 is 2.29 bits per heavy atom. The van der Waals surface area contributed by atoms with Crippen LogP contribution in [0.4, 0.5) is 5.82 Å². The van der Waals surface area contributed by atoms with Crippen molar-refractivity contribution in [2.75, 3.05) is 30.1 Å². The summed E-state index contributed by atoms with van der Waals surface area (Å²) in [5.74, 6) is 0.640. The number of halogens is 1. The second-order valence-electron chi connectivity index (χ2n) is 10.8. The lowest BCUT2D eigenvalue weighted by Crippen LogP contribution is -2.32. The lowest BCUT2D eigenvalue weighted by Gasteiger charge is -2.20. The highest BCUT2D eigenvalue weighted by Crippen LogP contribution is 2.55. The minimum Gasteiger partial charge on any atom is -0.388 e. The third-order valence-electron chi connectivity index (χ3n) is 7.93. The van der Waals surface area contributed by atoms with E-state index in [0.717, 1.165) is 13.1 Å². The molecule has 4 heterocycles. The molecule has 16 heteroatoms. The average Bonchev–Trinajstić information content (AvgIpc) is 3.47. The van der Waals surface area contributed by atoms with E-state index in [-0.39, 0.29) is 11.7 Å². The number of ether oxygens (including phenoxy) is 1. The molecule has 0 spiro atoms. The maximum atomic E-state index is 12.2.